The van der Waals surface area contributed by atoms with Crippen molar-refractivity contribution in [3.63, 3.8) is 0 Å². The predicted octanol–water partition coefficient (Wildman–Crippen LogP) is 2.11. The van der Waals surface area contributed by atoms with Crippen molar-refractivity contribution in [3.05, 3.63) is 17.0 Å². The van der Waals surface area contributed by atoms with Gasteiger partial charge in [-0.2, -0.15) is 0 Å². The fraction of sp³-hybridized carbons (Fsp3) is 0.692. The van der Waals surface area contributed by atoms with Gasteiger partial charge in [0.05, 0.1) is 5.69 Å². The van der Waals surface area contributed by atoms with Gasteiger partial charge in [0.2, 0.25) is 0 Å². The first-order valence-corrected chi connectivity index (χ1v) is 6.08. The summed E-state index contributed by atoms with van der Waals surface area (Å²) < 4.78 is 10.4. The number of ether oxygens (including phenoxy) is 1. The predicted molar refractivity (Wildman–Crippen MR) is 68.1 cm³/mol. The molecule has 0 aliphatic heterocycles. The summed E-state index contributed by atoms with van der Waals surface area (Å²) in [6.45, 7) is 11.6. The van der Waals surface area contributed by atoms with Crippen molar-refractivity contribution in [3.8, 4) is 0 Å². The number of hydrogen-bond acceptors (Lipinski definition) is 5. The van der Waals surface area contributed by atoms with Crippen molar-refractivity contribution < 1.29 is 14.1 Å². The molecule has 0 saturated carbocycles. The van der Waals surface area contributed by atoms with E-state index in [0.29, 0.717) is 6.54 Å². The summed E-state index contributed by atoms with van der Waals surface area (Å²) in [4.78, 5) is 11.8. The first kappa shape index (κ1) is 14.7. The van der Waals surface area contributed by atoms with Crippen LogP contribution in [0.2, 0.25) is 0 Å². The quantitative estimate of drug-likeness (QED) is 0.834. The Morgan fingerprint density at radius 3 is 2.50 bits per heavy atom. The number of hydrogen-bond donors (Lipinski definition) is 1. The number of carbonyl (C=O) groups is 1. The zero-order chi connectivity index (χ0) is 13.9. The number of esters is 1. The van der Waals surface area contributed by atoms with Crippen molar-refractivity contribution in [2.24, 2.45) is 0 Å². The third-order valence-electron chi connectivity index (χ3n) is 2.53. The van der Waals surface area contributed by atoms with Gasteiger partial charge in [-0.3, -0.25) is 4.79 Å². The number of carbonyl (C=O) groups excluding carboxylic acids is 1. The molecule has 0 amide bonds. The highest BCUT2D eigenvalue weighted by Gasteiger charge is 2.21. The van der Waals surface area contributed by atoms with E-state index in [-0.39, 0.29) is 12.0 Å². The summed E-state index contributed by atoms with van der Waals surface area (Å²) in [5, 5.41) is 6.98. The second kappa shape index (κ2) is 5.52. The van der Waals surface area contributed by atoms with Crippen molar-refractivity contribution in [1.82, 2.24) is 10.5 Å². The van der Waals surface area contributed by atoms with Gasteiger partial charge in [-0.25, -0.2) is 0 Å². The minimum absolute atomic E-state index is 0.255. The maximum Gasteiger partial charge on any atom is 0.323 e. The van der Waals surface area contributed by atoms with E-state index in [0.717, 1.165) is 17.0 Å². The highest BCUT2D eigenvalue weighted by molar-refractivity contribution is 5.75. The fourth-order valence-corrected chi connectivity index (χ4v) is 1.48. The van der Waals surface area contributed by atoms with Crippen molar-refractivity contribution in [2.75, 3.05) is 0 Å². The zero-order valence-corrected chi connectivity index (χ0v) is 12.0. The maximum atomic E-state index is 11.8. The average Bonchev–Trinajstić information content (AvgIpc) is 2.53. The monoisotopic (exact) mass is 254 g/mol. The van der Waals surface area contributed by atoms with Crippen molar-refractivity contribution in [1.29, 1.82) is 0 Å². The van der Waals surface area contributed by atoms with Gasteiger partial charge in [0.25, 0.3) is 0 Å². The molecule has 0 bridgehead atoms. The highest BCUT2D eigenvalue weighted by Crippen LogP contribution is 2.12. The van der Waals surface area contributed by atoms with Crippen molar-refractivity contribution >= 4 is 5.97 Å². The summed E-state index contributed by atoms with van der Waals surface area (Å²) in [6, 6.07) is -0.363. The Hall–Kier alpha value is -1.36. The lowest BCUT2D eigenvalue weighted by atomic mass is 10.2. The molecular formula is C13H22N2O3. The molecule has 1 N–H and O–H groups in total. The lowest BCUT2D eigenvalue weighted by Crippen LogP contribution is -2.39. The van der Waals surface area contributed by atoms with E-state index in [9.17, 15) is 4.79 Å². The Labute approximate surface area is 108 Å². The standard InChI is InChI=1S/C13H22N2O3/c1-8-11(10(3)18-15-8)7-14-9(2)12(16)17-13(4,5)6/h9,14H,7H2,1-6H3. The molecule has 1 rings (SSSR count). The molecule has 1 aromatic rings. The van der Waals surface area contributed by atoms with Crippen molar-refractivity contribution in [2.45, 2.75) is 59.7 Å². The highest BCUT2D eigenvalue weighted by atomic mass is 16.6. The Bertz CT molecular complexity index is 399. The van der Waals surface area contributed by atoms with E-state index in [1.807, 2.05) is 34.6 Å². The molecule has 1 aromatic heterocycles. The molecule has 0 radical (unpaired) electrons. The van der Waals surface area contributed by atoms with E-state index >= 15 is 0 Å². The van der Waals surface area contributed by atoms with Crippen LogP contribution < -0.4 is 5.32 Å². The van der Waals surface area contributed by atoms with Gasteiger partial charge in [0, 0.05) is 12.1 Å². The number of nitrogens with one attached hydrogen (secondary N) is 1. The fourth-order valence-electron chi connectivity index (χ4n) is 1.48. The maximum absolute atomic E-state index is 11.8. The summed E-state index contributed by atoms with van der Waals surface area (Å²) in [5.74, 6) is 0.519. The van der Waals surface area contributed by atoms with Crippen LogP contribution in [-0.2, 0) is 16.1 Å². The van der Waals surface area contributed by atoms with Crippen LogP contribution in [0.4, 0.5) is 0 Å². The van der Waals surface area contributed by atoms with Gasteiger partial charge in [-0.15, -0.1) is 0 Å². The second-order valence-corrected chi connectivity index (χ2v) is 5.44. The SMILES string of the molecule is Cc1noc(C)c1CNC(C)C(=O)OC(C)(C)C. The molecule has 18 heavy (non-hydrogen) atoms. The third-order valence-corrected chi connectivity index (χ3v) is 2.53. The lowest BCUT2D eigenvalue weighted by Gasteiger charge is -2.22. The van der Waals surface area contributed by atoms with Gasteiger partial charge in [0.15, 0.2) is 0 Å². The number of aryl methyl sites for hydroxylation is 2. The van der Waals surface area contributed by atoms with Gasteiger partial charge in [0.1, 0.15) is 17.4 Å². The smallest absolute Gasteiger partial charge is 0.323 e. The molecule has 0 aliphatic carbocycles. The third kappa shape index (κ3) is 4.14. The Morgan fingerprint density at radius 1 is 1.44 bits per heavy atom. The van der Waals surface area contributed by atoms with E-state index in [1.54, 1.807) is 6.92 Å². The Kier molecular flexibility index (Phi) is 4.51. The van der Waals surface area contributed by atoms with Crippen LogP contribution in [0.3, 0.4) is 0 Å². The molecule has 0 spiro atoms. The second-order valence-electron chi connectivity index (χ2n) is 5.44. The molecule has 1 heterocycles. The Balaban J connectivity index is 2.51. The molecule has 1 unspecified atom stereocenters. The van der Waals surface area contributed by atoms with E-state index in [1.165, 1.54) is 0 Å². The van der Waals surface area contributed by atoms with E-state index < -0.39 is 5.60 Å². The number of aromatic nitrogens is 1. The number of nitrogens with zero attached hydrogens (tertiary/aromatic N) is 1. The molecule has 5 heteroatoms. The molecule has 1 atom stereocenters. The zero-order valence-electron chi connectivity index (χ0n) is 12.0. The van der Waals surface area contributed by atoms with Crippen LogP contribution in [0.15, 0.2) is 4.52 Å². The van der Waals surface area contributed by atoms with Crippen LogP contribution in [0, 0.1) is 13.8 Å². The van der Waals surface area contributed by atoms with Crippen LogP contribution in [0.5, 0.6) is 0 Å². The molecule has 0 aliphatic rings. The topological polar surface area (TPSA) is 64.4 Å². The molecular weight excluding hydrogens is 232 g/mol. The average molecular weight is 254 g/mol. The molecule has 0 aromatic carbocycles. The Morgan fingerprint density at radius 2 is 2.06 bits per heavy atom. The van der Waals surface area contributed by atoms with E-state index in [4.69, 9.17) is 9.26 Å². The van der Waals surface area contributed by atoms with Crippen LogP contribution in [0.1, 0.15) is 44.7 Å². The van der Waals surface area contributed by atoms with Gasteiger partial charge >= 0.3 is 5.97 Å². The molecule has 0 fully saturated rings. The van der Waals surface area contributed by atoms with Crippen LogP contribution >= 0.6 is 0 Å². The summed E-state index contributed by atoms with van der Waals surface area (Å²) in [7, 11) is 0. The van der Waals surface area contributed by atoms with Crippen LogP contribution in [0.25, 0.3) is 0 Å². The van der Waals surface area contributed by atoms with Gasteiger partial charge < -0.3 is 14.6 Å². The molecule has 102 valence electrons. The minimum Gasteiger partial charge on any atom is -0.459 e. The first-order chi connectivity index (χ1) is 8.20. The summed E-state index contributed by atoms with van der Waals surface area (Å²) in [5.41, 5.74) is 1.37. The number of rotatable bonds is 4. The molecule has 5 nitrogen and oxygen atoms in total. The lowest BCUT2D eigenvalue weighted by molar-refractivity contribution is -0.157. The van der Waals surface area contributed by atoms with Gasteiger partial charge in [-0.1, -0.05) is 5.16 Å². The summed E-state index contributed by atoms with van der Waals surface area (Å²) >= 11 is 0. The van der Waals surface area contributed by atoms with E-state index in [2.05, 4.69) is 10.5 Å². The summed E-state index contributed by atoms with van der Waals surface area (Å²) in [6.07, 6.45) is 0. The first-order valence-electron chi connectivity index (χ1n) is 6.08. The van der Waals surface area contributed by atoms with Gasteiger partial charge in [-0.05, 0) is 41.5 Å². The normalized spacial score (nSPS) is 13.4. The largest absolute Gasteiger partial charge is 0.459 e. The minimum atomic E-state index is -0.462. The molecule has 0 saturated heterocycles. The van der Waals surface area contributed by atoms with Crippen LogP contribution in [-0.4, -0.2) is 22.8 Å².